The van der Waals surface area contributed by atoms with Crippen molar-refractivity contribution in [2.45, 2.75) is 45.8 Å². The van der Waals surface area contributed by atoms with Gasteiger partial charge in [0.1, 0.15) is 5.75 Å². The van der Waals surface area contributed by atoms with Gasteiger partial charge >= 0.3 is 0 Å². The molecule has 0 saturated carbocycles. The van der Waals surface area contributed by atoms with Gasteiger partial charge in [0.05, 0.1) is 12.2 Å². The van der Waals surface area contributed by atoms with Crippen molar-refractivity contribution in [1.82, 2.24) is 0 Å². The van der Waals surface area contributed by atoms with Crippen molar-refractivity contribution in [3.63, 3.8) is 0 Å². The van der Waals surface area contributed by atoms with Crippen LogP contribution in [0.1, 0.15) is 32.8 Å². The van der Waals surface area contributed by atoms with Crippen molar-refractivity contribution in [3.8, 4) is 5.75 Å². The average molecular weight is 208 g/mol. The van der Waals surface area contributed by atoms with E-state index in [4.69, 9.17) is 4.74 Å². The Kier molecular flexibility index (Phi) is 4.63. The molecule has 1 rings (SSSR count). The zero-order valence-corrected chi connectivity index (χ0v) is 9.73. The van der Waals surface area contributed by atoms with Crippen molar-refractivity contribution in [2.75, 3.05) is 0 Å². The molecule has 0 radical (unpaired) electrons. The minimum atomic E-state index is -0.253. The third kappa shape index (κ3) is 4.34. The predicted octanol–water partition coefficient (Wildman–Crippen LogP) is 2.79. The van der Waals surface area contributed by atoms with Gasteiger partial charge in [0.15, 0.2) is 0 Å². The molecular weight excluding hydrogens is 188 g/mol. The van der Waals surface area contributed by atoms with Crippen molar-refractivity contribution in [2.24, 2.45) is 0 Å². The summed E-state index contributed by atoms with van der Waals surface area (Å²) in [6.45, 7) is 5.85. The number of benzene rings is 1. The van der Waals surface area contributed by atoms with E-state index < -0.39 is 0 Å². The summed E-state index contributed by atoms with van der Waals surface area (Å²) in [5, 5.41) is 9.25. The maximum atomic E-state index is 9.25. The first-order valence-electron chi connectivity index (χ1n) is 5.52. The minimum absolute atomic E-state index is 0.192. The molecule has 0 aliphatic rings. The molecule has 0 bridgehead atoms. The third-order valence-corrected chi connectivity index (χ3v) is 2.17. The van der Waals surface area contributed by atoms with Gasteiger partial charge in [-0.3, -0.25) is 0 Å². The summed E-state index contributed by atoms with van der Waals surface area (Å²) in [7, 11) is 0. The highest BCUT2D eigenvalue weighted by atomic mass is 16.5. The van der Waals surface area contributed by atoms with Gasteiger partial charge < -0.3 is 9.84 Å². The molecule has 2 nitrogen and oxygen atoms in total. The SMILES string of the molecule is CC(O)CCc1ccccc1OC(C)C. The van der Waals surface area contributed by atoms with Crippen LogP contribution in [0, 0.1) is 0 Å². The second-order valence-corrected chi connectivity index (χ2v) is 4.16. The first-order valence-corrected chi connectivity index (χ1v) is 5.52. The molecule has 2 heteroatoms. The summed E-state index contributed by atoms with van der Waals surface area (Å²) in [5.74, 6) is 0.938. The Bertz CT molecular complexity index is 292. The summed E-state index contributed by atoms with van der Waals surface area (Å²) in [6, 6.07) is 8.02. The molecule has 84 valence electrons. The van der Waals surface area contributed by atoms with Gasteiger partial charge in [0.2, 0.25) is 0 Å². The molecule has 0 amide bonds. The van der Waals surface area contributed by atoms with Gasteiger partial charge in [-0.15, -0.1) is 0 Å². The molecular formula is C13H20O2. The van der Waals surface area contributed by atoms with E-state index in [1.54, 1.807) is 0 Å². The maximum Gasteiger partial charge on any atom is 0.122 e. The largest absolute Gasteiger partial charge is 0.491 e. The van der Waals surface area contributed by atoms with Crippen LogP contribution < -0.4 is 4.74 Å². The maximum absolute atomic E-state index is 9.25. The smallest absolute Gasteiger partial charge is 0.122 e. The van der Waals surface area contributed by atoms with Gasteiger partial charge in [-0.2, -0.15) is 0 Å². The lowest BCUT2D eigenvalue weighted by atomic mass is 10.1. The number of aryl methyl sites for hydroxylation is 1. The van der Waals surface area contributed by atoms with Crippen LogP contribution in [0.5, 0.6) is 5.75 Å². The Labute approximate surface area is 91.9 Å². The molecule has 0 saturated heterocycles. The van der Waals surface area contributed by atoms with Crippen LogP contribution in [0.3, 0.4) is 0 Å². The van der Waals surface area contributed by atoms with Crippen LogP contribution >= 0.6 is 0 Å². The molecule has 0 heterocycles. The minimum Gasteiger partial charge on any atom is -0.491 e. The summed E-state index contributed by atoms with van der Waals surface area (Å²) in [4.78, 5) is 0. The Morgan fingerprint density at radius 2 is 1.87 bits per heavy atom. The molecule has 0 aliphatic heterocycles. The monoisotopic (exact) mass is 208 g/mol. The highest BCUT2D eigenvalue weighted by molar-refractivity contribution is 5.33. The molecule has 1 N–H and O–H groups in total. The lowest BCUT2D eigenvalue weighted by Crippen LogP contribution is -2.08. The molecule has 1 aromatic carbocycles. The van der Waals surface area contributed by atoms with E-state index in [-0.39, 0.29) is 12.2 Å². The van der Waals surface area contributed by atoms with E-state index in [0.717, 1.165) is 18.6 Å². The summed E-state index contributed by atoms with van der Waals surface area (Å²) < 4.78 is 5.70. The standard InChI is InChI=1S/C13H20O2/c1-10(2)15-13-7-5-4-6-12(13)9-8-11(3)14/h4-7,10-11,14H,8-9H2,1-3H3. The first kappa shape index (κ1) is 12.1. The number of ether oxygens (including phenoxy) is 1. The topological polar surface area (TPSA) is 29.5 Å². The number of para-hydroxylation sites is 1. The second-order valence-electron chi connectivity index (χ2n) is 4.16. The molecule has 1 aromatic rings. The fourth-order valence-electron chi connectivity index (χ4n) is 1.44. The first-order chi connectivity index (χ1) is 7.09. The van der Waals surface area contributed by atoms with Crippen molar-refractivity contribution >= 4 is 0 Å². The van der Waals surface area contributed by atoms with Crippen LogP contribution in [-0.4, -0.2) is 17.3 Å². The van der Waals surface area contributed by atoms with Gasteiger partial charge in [-0.1, -0.05) is 18.2 Å². The number of hydrogen-bond donors (Lipinski definition) is 1. The Hall–Kier alpha value is -1.02. The van der Waals surface area contributed by atoms with Gasteiger partial charge in [0, 0.05) is 0 Å². The molecule has 15 heavy (non-hydrogen) atoms. The van der Waals surface area contributed by atoms with E-state index >= 15 is 0 Å². The number of aliphatic hydroxyl groups is 1. The quantitative estimate of drug-likeness (QED) is 0.806. The third-order valence-electron chi connectivity index (χ3n) is 2.17. The number of hydrogen-bond acceptors (Lipinski definition) is 2. The van der Waals surface area contributed by atoms with Crippen LogP contribution in [0.4, 0.5) is 0 Å². The molecule has 0 aromatic heterocycles. The van der Waals surface area contributed by atoms with Crippen LogP contribution in [0.25, 0.3) is 0 Å². The second kappa shape index (κ2) is 5.76. The van der Waals surface area contributed by atoms with Gasteiger partial charge in [0.25, 0.3) is 0 Å². The lowest BCUT2D eigenvalue weighted by Gasteiger charge is -2.14. The number of aliphatic hydroxyl groups excluding tert-OH is 1. The van der Waals surface area contributed by atoms with E-state index in [1.165, 1.54) is 5.56 Å². The van der Waals surface area contributed by atoms with Crippen molar-refractivity contribution < 1.29 is 9.84 Å². The van der Waals surface area contributed by atoms with E-state index in [0.29, 0.717) is 0 Å². The van der Waals surface area contributed by atoms with Crippen molar-refractivity contribution in [1.29, 1.82) is 0 Å². The molecule has 0 aliphatic carbocycles. The highest BCUT2D eigenvalue weighted by Crippen LogP contribution is 2.21. The predicted molar refractivity (Wildman–Crippen MR) is 62.2 cm³/mol. The molecule has 1 atom stereocenters. The normalized spacial score (nSPS) is 12.9. The molecule has 1 unspecified atom stereocenters. The zero-order valence-electron chi connectivity index (χ0n) is 9.73. The summed E-state index contributed by atoms with van der Waals surface area (Å²) >= 11 is 0. The van der Waals surface area contributed by atoms with E-state index in [9.17, 15) is 5.11 Å². The number of rotatable bonds is 5. The van der Waals surface area contributed by atoms with Crippen LogP contribution in [-0.2, 0) is 6.42 Å². The van der Waals surface area contributed by atoms with Gasteiger partial charge in [-0.05, 0) is 45.2 Å². The zero-order chi connectivity index (χ0) is 11.3. The fourth-order valence-corrected chi connectivity index (χ4v) is 1.44. The van der Waals surface area contributed by atoms with Crippen LogP contribution in [0.15, 0.2) is 24.3 Å². The van der Waals surface area contributed by atoms with Gasteiger partial charge in [-0.25, -0.2) is 0 Å². The van der Waals surface area contributed by atoms with E-state index in [2.05, 4.69) is 6.07 Å². The lowest BCUT2D eigenvalue weighted by molar-refractivity contribution is 0.183. The summed E-state index contributed by atoms with van der Waals surface area (Å²) in [5.41, 5.74) is 1.17. The average Bonchev–Trinajstić information content (AvgIpc) is 2.15. The molecule has 0 fully saturated rings. The Morgan fingerprint density at radius 1 is 1.20 bits per heavy atom. The van der Waals surface area contributed by atoms with E-state index in [1.807, 2.05) is 39.0 Å². The Balaban J connectivity index is 2.68. The molecule has 0 spiro atoms. The van der Waals surface area contributed by atoms with Crippen LogP contribution in [0.2, 0.25) is 0 Å². The highest BCUT2D eigenvalue weighted by Gasteiger charge is 2.05. The Morgan fingerprint density at radius 3 is 2.47 bits per heavy atom. The van der Waals surface area contributed by atoms with Crippen molar-refractivity contribution in [3.05, 3.63) is 29.8 Å². The summed E-state index contributed by atoms with van der Waals surface area (Å²) in [6.07, 6.45) is 1.58. The fraction of sp³-hybridized carbons (Fsp3) is 0.538.